The zero-order valence-electron chi connectivity index (χ0n) is 12.0. The van der Waals surface area contributed by atoms with Gasteiger partial charge in [-0.2, -0.15) is 0 Å². The minimum Gasteiger partial charge on any atom is -0.507 e. The number of rotatable bonds is 3. The molecule has 1 unspecified atom stereocenters. The van der Waals surface area contributed by atoms with Gasteiger partial charge in [0.05, 0.1) is 6.10 Å². The van der Waals surface area contributed by atoms with Gasteiger partial charge >= 0.3 is 0 Å². The molecular weight excluding hydrogens is 224 g/mol. The summed E-state index contributed by atoms with van der Waals surface area (Å²) in [5, 5.41) is 10.1. The molecule has 0 spiro atoms. The van der Waals surface area contributed by atoms with E-state index in [0.29, 0.717) is 11.9 Å². The average Bonchev–Trinajstić information content (AvgIpc) is 2.40. The topological polar surface area (TPSA) is 29.5 Å². The van der Waals surface area contributed by atoms with Crippen LogP contribution in [0.1, 0.15) is 54.9 Å². The fourth-order valence-electron chi connectivity index (χ4n) is 2.80. The molecule has 0 aliphatic carbocycles. The van der Waals surface area contributed by atoms with Crippen LogP contribution in [-0.2, 0) is 6.42 Å². The van der Waals surface area contributed by atoms with E-state index < -0.39 is 0 Å². The summed E-state index contributed by atoms with van der Waals surface area (Å²) >= 11 is 0. The largest absolute Gasteiger partial charge is 0.507 e. The normalized spacial score (nSPS) is 18.3. The minimum atomic E-state index is 0.361. The highest BCUT2D eigenvalue weighted by Gasteiger charge is 2.25. The monoisotopic (exact) mass is 248 g/mol. The van der Waals surface area contributed by atoms with Crippen molar-refractivity contribution >= 4 is 0 Å². The molecule has 1 aliphatic heterocycles. The zero-order valence-corrected chi connectivity index (χ0v) is 12.0. The molecule has 2 heteroatoms. The molecule has 18 heavy (non-hydrogen) atoms. The maximum Gasteiger partial charge on any atom is 0.126 e. The Kier molecular flexibility index (Phi) is 3.84. The summed E-state index contributed by atoms with van der Waals surface area (Å²) < 4.78 is 6.17. The van der Waals surface area contributed by atoms with E-state index in [0.717, 1.165) is 41.7 Å². The Morgan fingerprint density at radius 1 is 1.17 bits per heavy atom. The summed E-state index contributed by atoms with van der Waals surface area (Å²) in [7, 11) is 0. The van der Waals surface area contributed by atoms with E-state index in [9.17, 15) is 5.11 Å². The van der Waals surface area contributed by atoms with Gasteiger partial charge in [0.15, 0.2) is 0 Å². The number of unbranched alkanes of at least 4 members (excludes halogenated alkanes) is 1. The summed E-state index contributed by atoms with van der Waals surface area (Å²) in [6.07, 6.45) is 6.07. The molecule has 100 valence electrons. The van der Waals surface area contributed by atoms with Crippen molar-refractivity contribution in [1.29, 1.82) is 0 Å². The highest BCUT2D eigenvalue weighted by molar-refractivity contribution is 5.58. The molecule has 2 nitrogen and oxygen atoms in total. The van der Waals surface area contributed by atoms with Gasteiger partial charge in [0, 0.05) is 5.56 Å². The Labute approximate surface area is 110 Å². The van der Waals surface area contributed by atoms with Crippen molar-refractivity contribution in [1.82, 2.24) is 0 Å². The minimum absolute atomic E-state index is 0.361. The number of fused-ring (bicyclic) bond motifs is 1. The lowest BCUT2D eigenvalue weighted by atomic mass is 9.90. The molecule has 2 rings (SSSR count). The first-order valence-electron chi connectivity index (χ1n) is 7.04. The third kappa shape index (κ3) is 2.21. The second-order valence-electron chi connectivity index (χ2n) is 5.45. The molecular formula is C16H24O2. The second-order valence-corrected chi connectivity index (χ2v) is 5.45. The molecule has 1 atom stereocenters. The van der Waals surface area contributed by atoms with Crippen molar-refractivity contribution in [2.45, 2.75) is 65.9 Å². The Hall–Kier alpha value is -1.18. The summed E-state index contributed by atoms with van der Waals surface area (Å²) in [4.78, 5) is 0. The Bertz CT molecular complexity index is 449. The highest BCUT2D eigenvalue weighted by Crippen LogP contribution is 2.41. The van der Waals surface area contributed by atoms with Gasteiger partial charge in [0.25, 0.3) is 0 Å². The van der Waals surface area contributed by atoms with Crippen LogP contribution in [0.15, 0.2) is 0 Å². The SMILES string of the molecule is CCCCC1CCc2c(C)c(O)c(C)c(C)c2O1. The van der Waals surface area contributed by atoms with Crippen LogP contribution < -0.4 is 4.74 Å². The van der Waals surface area contributed by atoms with Crippen LogP contribution in [-0.4, -0.2) is 11.2 Å². The molecule has 1 aromatic rings. The molecule has 0 fully saturated rings. The molecule has 0 aromatic heterocycles. The van der Waals surface area contributed by atoms with Gasteiger partial charge in [-0.1, -0.05) is 19.8 Å². The fraction of sp³-hybridized carbons (Fsp3) is 0.625. The third-order valence-corrected chi connectivity index (χ3v) is 4.22. The Balaban J connectivity index is 2.32. The number of hydrogen-bond acceptors (Lipinski definition) is 2. The van der Waals surface area contributed by atoms with Crippen LogP contribution >= 0.6 is 0 Å². The van der Waals surface area contributed by atoms with Crippen molar-refractivity contribution in [3.05, 3.63) is 22.3 Å². The highest BCUT2D eigenvalue weighted by atomic mass is 16.5. The maximum atomic E-state index is 10.1. The van der Waals surface area contributed by atoms with Gasteiger partial charge in [0.1, 0.15) is 11.5 Å². The van der Waals surface area contributed by atoms with Gasteiger partial charge in [-0.25, -0.2) is 0 Å². The first-order chi connectivity index (χ1) is 8.56. The third-order valence-electron chi connectivity index (χ3n) is 4.22. The molecule has 0 amide bonds. The van der Waals surface area contributed by atoms with Crippen LogP contribution in [0.25, 0.3) is 0 Å². The van der Waals surface area contributed by atoms with Crippen LogP contribution in [0.2, 0.25) is 0 Å². The number of hydrogen-bond donors (Lipinski definition) is 1. The van der Waals surface area contributed by atoms with Crippen molar-refractivity contribution in [2.75, 3.05) is 0 Å². The molecule has 0 saturated heterocycles. The van der Waals surface area contributed by atoms with Crippen molar-refractivity contribution < 1.29 is 9.84 Å². The van der Waals surface area contributed by atoms with Crippen molar-refractivity contribution in [3.63, 3.8) is 0 Å². The van der Waals surface area contributed by atoms with E-state index in [-0.39, 0.29) is 0 Å². The van der Waals surface area contributed by atoms with Gasteiger partial charge in [-0.3, -0.25) is 0 Å². The first kappa shape index (κ1) is 13.3. The lowest BCUT2D eigenvalue weighted by Crippen LogP contribution is -2.24. The molecule has 1 N–H and O–H groups in total. The van der Waals surface area contributed by atoms with E-state index in [2.05, 4.69) is 13.8 Å². The summed E-state index contributed by atoms with van der Waals surface area (Å²) in [6.45, 7) is 8.23. The quantitative estimate of drug-likeness (QED) is 0.868. The van der Waals surface area contributed by atoms with Crippen LogP contribution in [0.3, 0.4) is 0 Å². The molecule has 0 radical (unpaired) electrons. The van der Waals surface area contributed by atoms with E-state index in [1.165, 1.54) is 18.4 Å². The predicted octanol–water partition coefficient (Wildman–Crippen LogP) is 4.20. The maximum absolute atomic E-state index is 10.1. The Morgan fingerprint density at radius 3 is 2.56 bits per heavy atom. The van der Waals surface area contributed by atoms with Crippen LogP contribution in [0.4, 0.5) is 0 Å². The summed E-state index contributed by atoms with van der Waals surface area (Å²) in [5.74, 6) is 1.48. The van der Waals surface area contributed by atoms with Crippen molar-refractivity contribution in [3.8, 4) is 11.5 Å². The second kappa shape index (κ2) is 5.21. The van der Waals surface area contributed by atoms with Gasteiger partial charge in [-0.05, 0) is 56.7 Å². The smallest absolute Gasteiger partial charge is 0.126 e. The lowest BCUT2D eigenvalue weighted by molar-refractivity contribution is 0.159. The van der Waals surface area contributed by atoms with E-state index in [4.69, 9.17) is 4.74 Å². The van der Waals surface area contributed by atoms with E-state index >= 15 is 0 Å². The standard InChI is InChI=1S/C16H24O2/c1-5-6-7-13-8-9-14-12(4)15(17)10(2)11(3)16(14)18-13/h13,17H,5-9H2,1-4H3. The number of phenols is 1. The van der Waals surface area contributed by atoms with E-state index in [1.807, 2.05) is 13.8 Å². The zero-order chi connectivity index (χ0) is 13.3. The van der Waals surface area contributed by atoms with Crippen LogP contribution in [0.5, 0.6) is 11.5 Å². The molecule has 1 aliphatic rings. The van der Waals surface area contributed by atoms with E-state index in [1.54, 1.807) is 0 Å². The average molecular weight is 248 g/mol. The molecule has 0 bridgehead atoms. The molecule has 0 saturated carbocycles. The van der Waals surface area contributed by atoms with Crippen LogP contribution in [0, 0.1) is 20.8 Å². The number of aromatic hydroxyl groups is 1. The molecule has 1 heterocycles. The molecule has 1 aromatic carbocycles. The number of benzene rings is 1. The Morgan fingerprint density at radius 2 is 1.89 bits per heavy atom. The predicted molar refractivity (Wildman–Crippen MR) is 74.6 cm³/mol. The fourth-order valence-corrected chi connectivity index (χ4v) is 2.80. The number of phenolic OH excluding ortho intramolecular Hbond substituents is 1. The lowest BCUT2D eigenvalue weighted by Gasteiger charge is -2.30. The summed E-state index contributed by atoms with van der Waals surface area (Å²) in [6, 6.07) is 0. The first-order valence-corrected chi connectivity index (χ1v) is 7.04. The van der Waals surface area contributed by atoms with Crippen molar-refractivity contribution in [2.24, 2.45) is 0 Å². The van der Waals surface area contributed by atoms with Gasteiger partial charge < -0.3 is 9.84 Å². The van der Waals surface area contributed by atoms with Gasteiger partial charge in [-0.15, -0.1) is 0 Å². The van der Waals surface area contributed by atoms with Gasteiger partial charge in [0.2, 0.25) is 0 Å². The number of ether oxygens (including phenoxy) is 1. The summed E-state index contributed by atoms with van der Waals surface area (Å²) in [5.41, 5.74) is 4.28.